The standard InChI is InChI=1S/C15H16FOP.2ClH.Zr/c1-9-7-11(3)14(17)13(8-9)18-15-10(2)5-4-6-12(15)16;;;/h4-8,17-18H,1-3H3;2*1H;/q;;;+2/p-2. The zero-order chi connectivity index (χ0) is 16.0. The summed E-state index contributed by atoms with van der Waals surface area (Å²) in [6.07, 6.45) is 0. The van der Waals surface area contributed by atoms with Crippen LogP contribution in [0.3, 0.4) is 0 Å². The van der Waals surface area contributed by atoms with Gasteiger partial charge in [-0.05, 0) is 49.6 Å². The third kappa shape index (κ3) is 5.64. The molecule has 0 radical (unpaired) electrons. The summed E-state index contributed by atoms with van der Waals surface area (Å²) in [5.41, 5.74) is 2.85. The first kappa shape index (κ1) is 19.1. The van der Waals surface area contributed by atoms with Crippen molar-refractivity contribution in [3.05, 3.63) is 52.8 Å². The van der Waals surface area contributed by atoms with Crippen molar-refractivity contribution in [3.63, 3.8) is 0 Å². The molecule has 0 aliphatic rings. The summed E-state index contributed by atoms with van der Waals surface area (Å²) in [4.78, 5) is 0. The van der Waals surface area contributed by atoms with E-state index in [1.54, 1.807) is 6.07 Å². The van der Waals surface area contributed by atoms with Crippen molar-refractivity contribution in [2.75, 3.05) is 0 Å². The fourth-order valence-electron chi connectivity index (χ4n) is 1.98. The maximum atomic E-state index is 13.8. The van der Waals surface area contributed by atoms with Crippen LogP contribution < -0.4 is 10.6 Å². The van der Waals surface area contributed by atoms with Crippen molar-refractivity contribution >= 4 is 36.2 Å². The number of phenolic OH excluding ortho intramolecular Hbond substituents is 1. The average Bonchev–Trinajstić information content (AvgIpc) is 2.40. The molecule has 0 spiro atoms. The van der Waals surface area contributed by atoms with Crippen LogP contribution in [0.15, 0.2) is 30.3 Å². The van der Waals surface area contributed by atoms with Gasteiger partial charge in [-0.15, -0.1) is 0 Å². The van der Waals surface area contributed by atoms with E-state index in [-0.39, 0.29) is 20.1 Å². The van der Waals surface area contributed by atoms with E-state index < -0.39 is 20.8 Å². The van der Waals surface area contributed by atoms with Gasteiger partial charge in [-0.2, -0.15) is 0 Å². The molecule has 0 heterocycles. The van der Waals surface area contributed by atoms with Gasteiger partial charge < -0.3 is 5.11 Å². The van der Waals surface area contributed by atoms with Crippen LogP contribution in [0.1, 0.15) is 16.7 Å². The zero-order valence-corrected chi connectivity index (χ0v) is 16.9. The Bertz CT molecular complexity index is 603. The molecule has 0 saturated carbocycles. The van der Waals surface area contributed by atoms with Crippen LogP contribution >= 0.6 is 25.6 Å². The Kier molecular flexibility index (Phi) is 8.42. The summed E-state index contributed by atoms with van der Waals surface area (Å²) in [6.45, 7) is 5.74. The molecule has 2 rings (SSSR count). The number of rotatable bonds is 2. The molecule has 0 aliphatic carbocycles. The zero-order valence-electron chi connectivity index (χ0n) is 12.0. The number of benzene rings is 2. The SMILES string of the molecule is Cc1cc(C)c(O)c(Pc2c(C)cccc2F)c1.[Cl][Zr][Cl]. The molecule has 1 nitrogen and oxygen atoms in total. The summed E-state index contributed by atoms with van der Waals surface area (Å²) in [5, 5.41) is 11.5. The molecule has 0 aliphatic heterocycles. The summed E-state index contributed by atoms with van der Waals surface area (Å²) in [5.74, 6) is 0.0773. The number of hydrogen-bond donors (Lipinski definition) is 1. The molecule has 1 atom stereocenters. The van der Waals surface area contributed by atoms with Gasteiger partial charge in [-0.1, -0.05) is 26.8 Å². The normalized spacial score (nSPS) is 10.4. The van der Waals surface area contributed by atoms with Crippen LogP contribution in [0.4, 0.5) is 4.39 Å². The van der Waals surface area contributed by atoms with E-state index in [9.17, 15) is 9.50 Å². The quantitative estimate of drug-likeness (QED) is 0.706. The van der Waals surface area contributed by atoms with E-state index >= 15 is 0 Å². The van der Waals surface area contributed by atoms with Crippen LogP contribution in [-0.4, -0.2) is 5.11 Å². The first-order valence-corrected chi connectivity index (χ1v) is 13.5. The van der Waals surface area contributed by atoms with E-state index in [2.05, 4.69) is 0 Å². The molecule has 0 amide bonds. The summed E-state index contributed by atoms with van der Waals surface area (Å²) < 4.78 is 13.8. The third-order valence-electron chi connectivity index (χ3n) is 2.93. The predicted octanol–water partition coefficient (Wildman–Crippen LogP) is 4.46. The Morgan fingerprint density at radius 3 is 2.29 bits per heavy atom. The van der Waals surface area contributed by atoms with Crippen molar-refractivity contribution in [1.29, 1.82) is 0 Å². The van der Waals surface area contributed by atoms with Gasteiger partial charge in [0.15, 0.2) is 0 Å². The van der Waals surface area contributed by atoms with Crippen molar-refractivity contribution in [2.45, 2.75) is 20.8 Å². The summed E-state index contributed by atoms with van der Waals surface area (Å²) >= 11 is -0.826. The van der Waals surface area contributed by atoms with E-state index in [1.165, 1.54) is 6.07 Å². The number of phenols is 1. The fourth-order valence-corrected chi connectivity index (χ4v) is 3.35. The minimum atomic E-state index is -0.826. The maximum absolute atomic E-state index is 13.8. The van der Waals surface area contributed by atoms with Gasteiger partial charge in [-0.3, -0.25) is 0 Å². The van der Waals surface area contributed by atoms with Gasteiger partial charge in [0.25, 0.3) is 0 Å². The second-order valence-corrected chi connectivity index (χ2v) is 9.63. The van der Waals surface area contributed by atoms with E-state index in [4.69, 9.17) is 17.0 Å². The Morgan fingerprint density at radius 1 is 1.10 bits per heavy atom. The van der Waals surface area contributed by atoms with Gasteiger partial charge in [0.2, 0.25) is 0 Å². The van der Waals surface area contributed by atoms with Crippen molar-refractivity contribution in [2.24, 2.45) is 0 Å². The van der Waals surface area contributed by atoms with E-state index in [0.717, 1.165) is 22.0 Å². The monoisotopic (exact) mass is 422 g/mol. The van der Waals surface area contributed by atoms with Crippen LogP contribution in [0.2, 0.25) is 0 Å². The molecule has 21 heavy (non-hydrogen) atoms. The topological polar surface area (TPSA) is 20.2 Å². The molecule has 0 saturated heterocycles. The summed E-state index contributed by atoms with van der Waals surface area (Å²) in [7, 11) is 10.0. The van der Waals surface area contributed by atoms with Gasteiger partial charge in [0.05, 0.1) is 0 Å². The molecule has 1 N–H and O–H groups in total. The van der Waals surface area contributed by atoms with Gasteiger partial charge in [0, 0.05) is 10.6 Å². The van der Waals surface area contributed by atoms with Gasteiger partial charge >= 0.3 is 37.9 Å². The van der Waals surface area contributed by atoms with Crippen LogP contribution in [0, 0.1) is 26.6 Å². The van der Waals surface area contributed by atoms with E-state index in [0.29, 0.717) is 5.30 Å². The van der Waals surface area contributed by atoms with Gasteiger partial charge in [0.1, 0.15) is 11.6 Å². The molecular weight excluding hydrogens is 408 g/mol. The molecule has 6 heteroatoms. The minimum absolute atomic E-state index is 0.141. The Balaban J connectivity index is 0.000000677. The Hall–Kier alpha value is 0.0631. The van der Waals surface area contributed by atoms with Crippen molar-refractivity contribution in [3.8, 4) is 5.75 Å². The number of hydrogen-bond acceptors (Lipinski definition) is 1. The second kappa shape index (κ2) is 9.26. The molecule has 0 fully saturated rings. The van der Waals surface area contributed by atoms with Crippen molar-refractivity contribution < 1.29 is 30.3 Å². The first-order valence-electron chi connectivity index (χ1n) is 6.19. The van der Waals surface area contributed by atoms with Crippen molar-refractivity contribution in [1.82, 2.24) is 0 Å². The third-order valence-corrected chi connectivity index (χ3v) is 4.46. The molecule has 0 aromatic heterocycles. The Labute approximate surface area is 145 Å². The number of aromatic hydroxyl groups is 1. The molecule has 0 bridgehead atoms. The molecule has 1 unspecified atom stereocenters. The Morgan fingerprint density at radius 2 is 1.71 bits per heavy atom. The molecule has 112 valence electrons. The van der Waals surface area contributed by atoms with Gasteiger partial charge in [-0.25, -0.2) is 4.39 Å². The molecule has 2 aromatic carbocycles. The molecular formula is C15H16Cl2FOPZr. The fraction of sp³-hybridized carbons (Fsp3) is 0.200. The second-order valence-electron chi connectivity index (χ2n) is 4.61. The average molecular weight is 424 g/mol. The van der Waals surface area contributed by atoms with Crippen LogP contribution in [-0.2, 0) is 20.8 Å². The molecule has 2 aromatic rings. The van der Waals surface area contributed by atoms with Crippen LogP contribution in [0.5, 0.6) is 5.75 Å². The predicted molar refractivity (Wildman–Crippen MR) is 88.0 cm³/mol. The van der Waals surface area contributed by atoms with Crippen LogP contribution in [0.25, 0.3) is 0 Å². The van der Waals surface area contributed by atoms with E-state index in [1.807, 2.05) is 39.0 Å². The number of halogens is 3. The number of aryl methyl sites for hydroxylation is 3. The summed E-state index contributed by atoms with van der Waals surface area (Å²) in [6, 6.07) is 8.92. The first-order chi connectivity index (χ1) is 9.90.